The van der Waals surface area contributed by atoms with E-state index in [9.17, 15) is 0 Å². The van der Waals surface area contributed by atoms with Gasteiger partial charge in [0.15, 0.2) is 5.82 Å². The van der Waals surface area contributed by atoms with Gasteiger partial charge in [0.05, 0.1) is 6.61 Å². The van der Waals surface area contributed by atoms with E-state index in [1.807, 2.05) is 19.9 Å². The Kier molecular flexibility index (Phi) is 6.83. The van der Waals surface area contributed by atoms with Crippen LogP contribution in [0.2, 0.25) is 0 Å². The second-order valence-corrected chi connectivity index (χ2v) is 3.57. The molecule has 1 aliphatic rings. The van der Waals surface area contributed by atoms with Gasteiger partial charge in [0, 0.05) is 24.5 Å². The van der Waals surface area contributed by atoms with E-state index in [0.29, 0.717) is 0 Å². The molecule has 92 valence electrons. The van der Waals surface area contributed by atoms with Gasteiger partial charge in [-0.25, -0.2) is 9.97 Å². The van der Waals surface area contributed by atoms with Crippen molar-refractivity contribution in [2.24, 2.45) is 0 Å². The summed E-state index contributed by atoms with van der Waals surface area (Å²) in [5, 5.41) is 3.27. The summed E-state index contributed by atoms with van der Waals surface area (Å²) < 4.78 is 5.59. The zero-order valence-corrected chi connectivity index (χ0v) is 11.0. The van der Waals surface area contributed by atoms with Gasteiger partial charge >= 0.3 is 0 Å². The van der Waals surface area contributed by atoms with Crippen molar-refractivity contribution in [3.05, 3.63) is 23.3 Å². The number of morpholine rings is 1. The maximum atomic E-state index is 5.59. The van der Waals surface area contributed by atoms with Gasteiger partial charge in [0.2, 0.25) is 0 Å². The van der Waals surface area contributed by atoms with Crippen LogP contribution in [-0.4, -0.2) is 29.7 Å². The molecule has 1 aromatic heterocycles. The number of hydrogen-bond acceptors (Lipinski definition) is 4. The summed E-state index contributed by atoms with van der Waals surface area (Å²) in [6.07, 6.45) is 0.0161. The highest BCUT2D eigenvalue weighted by molar-refractivity contribution is 5.85. The monoisotopic (exact) mass is 265 g/mol. The lowest BCUT2D eigenvalue weighted by molar-refractivity contribution is 0.0219. The first-order valence-corrected chi connectivity index (χ1v) is 4.90. The Bertz CT molecular complexity index is 310. The van der Waals surface area contributed by atoms with Crippen molar-refractivity contribution < 1.29 is 4.74 Å². The van der Waals surface area contributed by atoms with E-state index in [-0.39, 0.29) is 30.9 Å². The van der Waals surface area contributed by atoms with Gasteiger partial charge in [-0.05, 0) is 19.9 Å². The summed E-state index contributed by atoms with van der Waals surface area (Å²) in [7, 11) is 0. The number of halogens is 2. The Balaban J connectivity index is 0.00000112. The summed E-state index contributed by atoms with van der Waals surface area (Å²) >= 11 is 0. The summed E-state index contributed by atoms with van der Waals surface area (Å²) in [6, 6.07) is 1.97. The molecule has 1 fully saturated rings. The van der Waals surface area contributed by atoms with Crippen LogP contribution in [0.4, 0.5) is 0 Å². The molecule has 6 heteroatoms. The van der Waals surface area contributed by atoms with Crippen molar-refractivity contribution in [2.75, 3.05) is 19.7 Å². The van der Waals surface area contributed by atoms with E-state index in [1.54, 1.807) is 0 Å². The molecule has 1 unspecified atom stereocenters. The van der Waals surface area contributed by atoms with E-state index in [2.05, 4.69) is 15.3 Å². The number of rotatable bonds is 1. The Morgan fingerprint density at radius 2 is 1.88 bits per heavy atom. The molecular formula is C10H17Cl2N3O. The number of nitrogens with zero attached hydrogens (tertiary/aromatic N) is 2. The number of hydrogen-bond donors (Lipinski definition) is 1. The van der Waals surface area contributed by atoms with Gasteiger partial charge in [0.25, 0.3) is 0 Å². The topological polar surface area (TPSA) is 47.0 Å². The van der Waals surface area contributed by atoms with Crippen LogP contribution >= 0.6 is 24.8 Å². The zero-order chi connectivity index (χ0) is 9.97. The number of nitrogens with one attached hydrogen (secondary N) is 1. The van der Waals surface area contributed by atoms with Crippen LogP contribution in [0.25, 0.3) is 0 Å². The lowest BCUT2D eigenvalue weighted by atomic mass is 10.2. The lowest BCUT2D eigenvalue weighted by Gasteiger charge is -2.22. The molecule has 2 rings (SSSR count). The molecule has 16 heavy (non-hydrogen) atoms. The van der Waals surface area contributed by atoms with Crippen molar-refractivity contribution in [3.63, 3.8) is 0 Å². The maximum absolute atomic E-state index is 5.59. The third-order valence-electron chi connectivity index (χ3n) is 2.22. The van der Waals surface area contributed by atoms with Crippen molar-refractivity contribution in [3.8, 4) is 0 Å². The standard InChI is InChI=1S/C10H15N3O.2ClH/c1-7-5-8(2)13-10(12-7)9-6-11-3-4-14-9;;/h5,9,11H,3-4,6H2,1-2H3;2*1H. The van der Waals surface area contributed by atoms with Crippen LogP contribution in [0.3, 0.4) is 0 Å². The molecule has 2 heterocycles. The molecule has 1 atom stereocenters. The molecule has 0 aromatic carbocycles. The van der Waals surface area contributed by atoms with Crippen molar-refractivity contribution in [1.29, 1.82) is 0 Å². The van der Waals surface area contributed by atoms with Crippen LogP contribution < -0.4 is 5.32 Å². The van der Waals surface area contributed by atoms with Gasteiger partial charge in [-0.3, -0.25) is 0 Å². The van der Waals surface area contributed by atoms with E-state index < -0.39 is 0 Å². The van der Waals surface area contributed by atoms with Gasteiger partial charge in [-0.1, -0.05) is 0 Å². The smallest absolute Gasteiger partial charge is 0.158 e. The molecule has 0 saturated carbocycles. The van der Waals surface area contributed by atoms with Crippen LogP contribution in [0, 0.1) is 13.8 Å². The first-order valence-electron chi connectivity index (χ1n) is 4.90. The van der Waals surface area contributed by atoms with Gasteiger partial charge in [-0.15, -0.1) is 24.8 Å². The minimum atomic E-state index is 0. The molecule has 4 nitrogen and oxygen atoms in total. The fourth-order valence-electron chi connectivity index (χ4n) is 1.63. The highest BCUT2D eigenvalue weighted by atomic mass is 35.5. The average molecular weight is 266 g/mol. The van der Waals surface area contributed by atoms with Crippen LogP contribution in [0.5, 0.6) is 0 Å². The summed E-state index contributed by atoms with van der Waals surface area (Å²) in [5.74, 6) is 0.801. The fraction of sp³-hybridized carbons (Fsp3) is 0.600. The maximum Gasteiger partial charge on any atom is 0.158 e. The van der Waals surface area contributed by atoms with E-state index in [4.69, 9.17) is 4.74 Å². The Morgan fingerprint density at radius 3 is 2.38 bits per heavy atom. The number of aryl methyl sites for hydroxylation is 2. The Hall–Kier alpha value is -0.420. The van der Waals surface area contributed by atoms with Crippen LogP contribution in [0.15, 0.2) is 6.07 Å². The molecule has 0 spiro atoms. The van der Waals surface area contributed by atoms with E-state index in [1.165, 1.54) is 0 Å². The third-order valence-corrected chi connectivity index (χ3v) is 2.22. The highest BCUT2D eigenvalue weighted by Gasteiger charge is 2.18. The summed E-state index contributed by atoms with van der Waals surface area (Å²) in [4.78, 5) is 8.76. The molecule has 1 saturated heterocycles. The van der Waals surface area contributed by atoms with Crippen molar-refractivity contribution in [1.82, 2.24) is 15.3 Å². The third kappa shape index (κ3) is 3.87. The quantitative estimate of drug-likeness (QED) is 0.838. The molecule has 0 amide bonds. The van der Waals surface area contributed by atoms with Crippen molar-refractivity contribution >= 4 is 24.8 Å². The Morgan fingerprint density at radius 1 is 1.25 bits per heavy atom. The molecule has 0 aliphatic carbocycles. The summed E-state index contributed by atoms with van der Waals surface area (Å²) in [6.45, 7) is 6.42. The fourth-order valence-corrected chi connectivity index (χ4v) is 1.63. The predicted octanol–water partition coefficient (Wildman–Crippen LogP) is 1.60. The largest absolute Gasteiger partial charge is 0.368 e. The molecule has 1 aliphatic heterocycles. The first kappa shape index (κ1) is 15.6. The van der Waals surface area contributed by atoms with Gasteiger partial charge in [0.1, 0.15) is 6.10 Å². The van der Waals surface area contributed by atoms with Crippen LogP contribution in [0.1, 0.15) is 23.3 Å². The SMILES string of the molecule is Cc1cc(C)nc(C2CNCCO2)n1.Cl.Cl. The second kappa shape index (κ2) is 7.01. The minimum Gasteiger partial charge on any atom is -0.368 e. The van der Waals surface area contributed by atoms with Gasteiger partial charge in [-0.2, -0.15) is 0 Å². The zero-order valence-electron chi connectivity index (χ0n) is 9.40. The van der Waals surface area contributed by atoms with Gasteiger partial charge < -0.3 is 10.1 Å². The highest BCUT2D eigenvalue weighted by Crippen LogP contribution is 2.15. The summed E-state index contributed by atoms with van der Waals surface area (Å²) in [5.41, 5.74) is 2.00. The molecule has 0 radical (unpaired) electrons. The second-order valence-electron chi connectivity index (χ2n) is 3.57. The number of ether oxygens (including phenoxy) is 1. The van der Waals surface area contributed by atoms with Crippen LogP contribution in [-0.2, 0) is 4.74 Å². The molecule has 1 N–H and O–H groups in total. The molecule has 0 bridgehead atoms. The normalized spacial score (nSPS) is 19.5. The van der Waals surface area contributed by atoms with Crippen molar-refractivity contribution in [2.45, 2.75) is 20.0 Å². The first-order chi connectivity index (χ1) is 6.75. The average Bonchev–Trinajstić information content (AvgIpc) is 2.18. The Labute approximate surface area is 108 Å². The van der Waals surface area contributed by atoms with E-state index >= 15 is 0 Å². The molecule has 1 aromatic rings. The minimum absolute atomic E-state index is 0. The predicted molar refractivity (Wildman–Crippen MR) is 67.6 cm³/mol. The lowest BCUT2D eigenvalue weighted by Crippen LogP contribution is -2.34. The number of aromatic nitrogens is 2. The van der Waals surface area contributed by atoms with E-state index in [0.717, 1.165) is 36.9 Å². The molecular weight excluding hydrogens is 249 g/mol.